The maximum atomic E-state index is 11.6. The number of benzene rings is 1. The van der Waals surface area contributed by atoms with Crippen LogP contribution in [0, 0.1) is 0 Å². The molecule has 0 spiro atoms. The zero-order chi connectivity index (χ0) is 12.0. The van der Waals surface area contributed by atoms with Crippen molar-refractivity contribution in [3.8, 4) is 0 Å². The number of nitrogens with one attached hydrogen (secondary N) is 1. The van der Waals surface area contributed by atoms with Gasteiger partial charge in [0.1, 0.15) is 0 Å². The van der Waals surface area contributed by atoms with Crippen LogP contribution in [0.2, 0.25) is 0 Å². The third-order valence-corrected chi connectivity index (χ3v) is 2.90. The quantitative estimate of drug-likeness (QED) is 0.463. The molecule has 16 heavy (non-hydrogen) atoms. The molecule has 0 saturated heterocycles. The number of amides is 1. The standard InChI is InChI=1S/C11H16N2O2S/c1-15-6-5-13-11(14)8-3-4-10(16-2)9(12)7-8/h3-4,7H,5-6,12H2,1-2H3,(H,13,14). The first-order valence-corrected chi connectivity index (χ1v) is 6.12. The summed E-state index contributed by atoms with van der Waals surface area (Å²) in [6.45, 7) is 1.00. The van der Waals surface area contributed by atoms with Gasteiger partial charge in [-0.05, 0) is 24.5 Å². The number of nitrogens with two attached hydrogens (primary N) is 1. The number of nitrogen functional groups attached to an aromatic ring is 1. The second kappa shape index (κ2) is 6.40. The lowest BCUT2D eigenvalue weighted by Crippen LogP contribution is -2.26. The second-order valence-electron chi connectivity index (χ2n) is 3.21. The van der Waals surface area contributed by atoms with Crippen LogP contribution in [0.1, 0.15) is 10.4 Å². The Morgan fingerprint density at radius 1 is 1.56 bits per heavy atom. The third-order valence-electron chi connectivity index (χ3n) is 2.08. The number of carbonyl (C=O) groups excluding carboxylic acids is 1. The van der Waals surface area contributed by atoms with E-state index < -0.39 is 0 Å². The molecule has 0 fully saturated rings. The summed E-state index contributed by atoms with van der Waals surface area (Å²) in [4.78, 5) is 12.6. The molecule has 4 nitrogen and oxygen atoms in total. The van der Waals surface area contributed by atoms with Crippen LogP contribution < -0.4 is 11.1 Å². The minimum atomic E-state index is -0.128. The average molecular weight is 240 g/mol. The van der Waals surface area contributed by atoms with E-state index in [9.17, 15) is 4.79 Å². The summed E-state index contributed by atoms with van der Waals surface area (Å²) in [5, 5.41) is 2.74. The molecule has 1 aromatic carbocycles. The highest BCUT2D eigenvalue weighted by atomic mass is 32.2. The van der Waals surface area contributed by atoms with E-state index in [2.05, 4.69) is 5.32 Å². The van der Waals surface area contributed by atoms with Crippen LogP contribution >= 0.6 is 11.8 Å². The van der Waals surface area contributed by atoms with E-state index in [1.165, 1.54) is 0 Å². The highest BCUT2D eigenvalue weighted by molar-refractivity contribution is 7.98. The van der Waals surface area contributed by atoms with E-state index in [0.717, 1.165) is 4.90 Å². The van der Waals surface area contributed by atoms with E-state index in [0.29, 0.717) is 24.4 Å². The Bertz CT molecular complexity index is 369. The molecule has 5 heteroatoms. The summed E-state index contributed by atoms with van der Waals surface area (Å²) in [6.07, 6.45) is 1.95. The Labute approximate surface area is 99.5 Å². The summed E-state index contributed by atoms with van der Waals surface area (Å²) in [6, 6.07) is 5.31. The van der Waals surface area contributed by atoms with Gasteiger partial charge in [-0.15, -0.1) is 11.8 Å². The summed E-state index contributed by atoms with van der Waals surface area (Å²) >= 11 is 1.56. The summed E-state index contributed by atoms with van der Waals surface area (Å²) < 4.78 is 4.85. The molecule has 88 valence electrons. The van der Waals surface area contributed by atoms with Crippen molar-refractivity contribution < 1.29 is 9.53 Å². The number of ether oxygens (including phenoxy) is 1. The molecule has 0 unspecified atom stereocenters. The molecule has 0 saturated carbocycles. The third kappa shape index (κ3) is 3.43. The minimum absolute atomic E-state index is 0.128. The van der Waals surface area contributed by atoms with Gasteiger partial charge in [0.05, 0.1) is 6.61 Å². The molecule has 0 aliphatic heterocycles. The van der Waals surface area contributed by atoms with Gasteiger partial charge < -0.3 is 15.8 Å². The molecular formula is C11H16N2O2S. The first kappa shape index (κ1) is 12.9. The first-order chi connectivity index (χ1) is 7.69. The molecule has 0 heterocycles. The SMILES string of the molecule is COCCNC(=O)c1ccc(SC)c(N)c1. The van der Waals surface area contributed by atoms with E-state index in [-0.39, 0.29) is 5.91 Å². The highest BCUT2D eigenvalue weighted by Gasteiger charge is 2.06. The molecule has 0 aliphatic carbocycles. The Kier molecular flexibility index (Phi) is 5.14. The molecule has 0 radical (unpaired) electrons. The van der Waals surface area contributed by atoms with Crippen LogP contribution in [0.5, 0.6) is 0 Å². The van der Waals surface area contributed by atoms with Crippen molar-refractivity contribution in [1.29, 1.82) is 0 Å². The van der Waals surface area contributed by atoms with Crippen molar-refractivity contribution in [2.45, 2.75) is 4.90 Å². The number of hydrogen-bond acceptors (Lipinski definition) is 4. The molecule has 0 aliphatic rings. The van der Waals surface area contributed by atoms with Gasteiger partial charge in [-0.25, -0.2) is 0 Å². The lowest BCUT2D eigenvalue weighted by atomic mass is 10.2. The Balaban J connectivity index is 2.66. The van der Waals surface area contributed by atoms with Crippen molar-refractivity contribution in [3.63, 3.8) is 0 Å². The number of anilines is 1. The van der Waals surface area contributed by atoms with Crippen LogP contribution in [-0.2, 0) is 4.74 Å². The molecule has 1 aromatic rings. The predicted molar refractivity (Wildman–Crippen MR) is 66.8 cm³/mol. The van der Waals surface area contributed by atoms with Gasteiger partial charge in [0.2, 0.25) is 0 Å². The molecule has 0 aromatic heterocycles. The van der Waals surface area contributed by atoms with Gasteiger partial charge in [0.15, 0.2) is 0 Å². The maximum absolute atomic E-state index is 11.6. The van der Waals surface area contributed by atoms with Crippen molar-refractivity contribution in [3.05, 3.63) is 23.8 Å². The fourth-order valence-corrected chi connectivity index (χ4v) is 1.74. The van der Waals surface area contributed by atoms with Gasteiger partial charge in [-0.3, -0.25) is 4.79 Å². The van der Waals surface area contributed by atoms with E-state index in [1.807, 2.05) is 12.3 Å². The largest absolute Gasteiger partial charge is 0.398 e. The van der Waals surface area contributed by atoms with Gasteiger partial charge in [0.25, 0.3) is 5.91 Å². The van der Waals surface area contributed by atoms with E-state index in [4.69, 9.17) is 10.5 Å². The predicted octanol–water partition coefficient (Wildman–Crippen LogP) is 1.37. The molecular weight excluding hydrogens is 224 g/mol. The fourth-order valence-electron chi connectivity index (χ4n) is 1.24. The smallest absolute Gasteiger partial charge is 0.251 e. The van der Waals surface area contributed by atoms with Gasteiger partial charge in [-0.1, -0.05) is 0 Å². The highest BCUT2D eigenvalue weighted by Crippen LogP contribution is 2.23. The van der Waals surface area contributed by atoms with Gasteiger partial charge in [-0.2, -0.15) is 0 Å². The summed E-state index contributed by atoms with van der Waals surface area (Å²) in [5.41, 5.74) is 7.01. The fraction of sp³-hybridized carbons (Fsp3) is 0.364. The van der Waals surface area contributed by atoms with Crippen molar-refractivity contribution in [2.75, 3.05) is 32.3 Å². The normalized spacial score (nSPS) is 10.1. The zero-order valence-corrected chi connectivity index (χ0v) is 10.3. The van der Waals surface area contributed by atoms with Crippen molar-refractivity contribution in [1.82, 2.24) is 5.32 Å². The van der Waals surface area contributed by atoms with Crippen LogP contribution in [0.3, 0.4) is 0 Å². The number of rotatable bonds is 5. The van der Waals surface area contributed by atoms with Crippen LogP contribution in [-0.4, -0.2) is 32.4 Å². The number of carbonyl (C=O) groups is 1. The number of methoxy groups -OCH3 is 1. The van der Waals surface area contributed by atoms with Crippen molar-refractivity contribution >= 4 is 23.4 Å². The number of thioether (sulfide) groups is 1. The minimum Gasteiger partial charge on any atom is -0.398 e. The van der Waals surface area contributed by atoms with Gasteiger partial charge >= 0.3 is 0 Å². The molecule has 0 atom stereocenters. The number of hydrogen-bond donors (Lipinski definition) is 2. The van der Waals surface area contributed by atoms with Crippen LogP contribution in [0.4, 0.5) is 5.69 Å². The topological polar surface area (TPSA) is 64.3 Å². The summed E-state index contributed by atoms with van der Waals surface area (Å²) in [7, 11) is 1.59. The lowest BCUT2D eigenvalue weighted by Gasteiger charge is -2.07. The average Bonchev–Trinajstić information content (AvgIpc) is 2.29. The Morgan fingerprint density at radius 3 is 2.88 bits per heavy atom. The molecule has 1 amide bonds. The van der Waals surface area contributed by atoms with Gasteiger partial charge in [0, 0.05) is 29.8 Å². The lowest BCUT2D eigenvalue weighted by molar-refractivity contribution is 0.0937. The second-order valence-corrected chi connectivity index (χ2v) is 4.05. The van der Waals surface area contributed by atoms with Crippen LogP contribution in [0.15, 0.2) is 23.1 Å². The first-order valence-electron chi connectivity index (χ1n) is 4.89. The molecule has 0 bridgehead atoms. The Morgan fingerprint density at radius 2 is 2.31 bits per heavy atom. The van der Waals surface area contributed by atoms with E-state index in [1.54, 1.807) is 31.0 Å². The van der Waals surface area contributed by atoms with Crippen LogP contribution in [0.25, 0.3) is 0 Å². The molecule has 3 N–H and O–H groups in total. The Hall–Kier alpha value is -1.20. The zero-order valence-electron chi connectivity index (χ0n) is 9.45. The van der Waals surface area contributed by atoms with Crippen molar-refractivity contribution in [2.24, 2.45) is 0 Å². The molecule has 1 rings (SSSR count). The maximum Gasteiger partial charge on any atom is 0.251 e. The summed E-state index contributed by atoms with van der Waals surface area (Å²) in [5.74, 6) is -0.128. The van der Waals surface area contributed by atoms with E-state index >= 15 is 0 Å². The monoisotopic (exact) mass is 240 g/mol.